The van der Waals surface area contributed by atoms with Crippen molar-refractivity contribution in [3.8, 4) is 11.5 Å². The van der Waals surface area contributed by atoms with Crippen LogP contribution in [0.2, 0.25) is 0 Å². The molecule has 0 spiro atoms. The number of hydrogen-bond acceptors (Lipinski definition) is 6. The molecular weight excluding hydrogens is 407 g/mol. The third kappa shape index (κ3) is 2.55. The van der Waals surface area contributed by atoms with Gasteiger partial charge in [0.15, 0.2) is 11.6 Å². The highest BCUT2D eigenvalue weighted by molar-refractivity contribution is 6.61. The van der Waals surface area contributed by atoms with Crippen molar-refractivity contribution in [3.63, 3.8) is 0 Å². The van der Waals surface area contributed by atoms with Crippen molar-refractivity contribution in [2.45, 2.75) is 31.5 Å². The first kappa shape index (κ1) is 19.3. The molecule has 1 fully saturated rings. The molecule has 2 bridgehead atoms. The minimum atomic E-state index is -0.672. The highest BCUT2D eigenvalue weighted by atomic mass is 16.6. The molecule has 6 rings (SSSR count). The number of phenolic OH excluding ortho intramolecular Hbond substituents is 2. The number of hydrogen-bond donors (Lipinski definition) is 2. The molecule has 3 aromatic rings. The standard InChI is InChI=1S/C25H19BO6/c1-25-11-16-18(17(12-25)31-26(32-25)13-7-3-2-4-8-13)24(30)20-19(23(16)29)21(27)14-9-5-6-10-15(14)22(20)28/h2-10,17,29-30H,11-12H2,1H3/t17-,25-/m0/s1. The van der Waals surface area contributed by atoms with Crippen molar-refractivity contribution < 1.29 is 29.1 Å². The number of aromatic hydroxyl groups is 2. The van der Waals surface area contributed by atoms with E-state index in [1.165, 1.54) is 0 Å². The Morgan fingerprint density at radius 3 is 2.16 bits per heavy atom. The second-order valence-electron chi connectivity index (χ2n) is 8.86. The Labute approximate surface area is 184 Å². The maximum Gasteiger partial charge on any atom is 0.494 e. The van der Waals surface area contributed by atoms with E-state index < -0.39 is 30.4 Å². The van der Waals surface area contributed by atoms with E-state index in [0.717, 1.165) is 5.46 Å². The predicted octanol–water partition coefficient (Wildman–Crippen LogP) is 3.06. The van der Waals surface area contributed by atoms with Gasteiger partial charge in [0.1, 0.15) is 11.5 Å². The number of ketones is 2. The van der Waals surface area contributed by atoms with E-state index in [1.807, 2.05) is 37.3 Å². The number of rotatable bonds is 1. The van der Waals surface area contributed by atoms with Crippen LogP contribution in [0.3, 0.4) is 0 Å². The molecule has 6 nitrogen and oxygen atoms in total. The van der Waals surface area contributed by atoms with Crippen molar-refractivity contribution in [1.82, 2.24) is 0 Å². The number of carbonyl (C=O) groups is 2. The van der Waals surface area contributed by atoms with E-state index in [4.69, 9.17) is 9.31 Å². The van der Waals surface area contributed by atoms with Crippen molar-refractivity contribution in [1.29, 1.82) is 0 Å². The molecular formula is C25H19BO6. The second-order valence-corrected chi connectivity index (χ2v) is 8.86. The maximum atomic E-state index is 13.2. The summed E-state index contributed by atoms with van der Waals surface area (Å²) < 4.78 is 12.5. The first-order valence-electron chi connectivity index (χ1n) is 10.6. The molecule has 0 aromatic heterocycles. The largest absolute Gasteiger partial charge is 0.507 e. The molecule has 0 unspecified atom stereocenters. The minimum Gasteiger partial charge on any atom is -0.507 e. The first-order valence-corrected chi connectivity index (χ1v) is 10.6. The van der Waals surface area contributed by atoms with Gasteiger partial charge in [0.2, 0.25) is 0 Å². The lowest BCUT2D eigenvalue weighted by atomic mass is 9.68. The highest BCUT2D eigenvalue weighted by Gasteiger charge is 2.50. The summed E-state index contributed by atoms with van der Waals surface area (Å²) in [5.41, 5.74) is 1.07. The molecule has 0 amide bonds. The first-order chi connectivity index (χ1) is 15.4. The van der Waals surface area contributed by atoms with Crippen LogP contribution in [0.25, 0.3) is 0 Å². The molecule has 0 radical (unpaired) electrons. The Morgan fingerprint density at radius 1 is 0.906 bits per heavy atom. The van der Waals surface area contributed by atoms with Crippen LogP contribution >= 0.6 is 0 Å². The van der Waals surface area contributed by atoms with Crippen LogP contribution in [-0.4, -0.2) is 34.5 Å². The van der Waals surface area contributed by atoms with Gasteiger partial charge in [-0.2, -0.15) is 0 Å². The van der Waals surface area contributed by atoms with Crippen LogP contribution in [0, 0.1) is 0 Å². The van der Waals surface area contributed by atoms with Gasteiger partial charge in [-0.25, -0.2) is 0 Å². The number of carbonyl (C=O) groups excluding carboxylic acids is 2. The zero-order valence-electron chi connectivity index (χ0n) is 17.3. The molecule has 1 heterocycles. The Morgan fingerprint density at radius 2 is 1.50 bits per heavy atom. The quantitative estimate of drug-likeness (QED) is 0.359. The maximum absolute atomic E-state index is 13.2. The molecule has 0 saturated carbocycles. The van der Waals surface area contributed by atoms with Crippen molar-refractivity contribution >= 4 is 24.1 Å². The fourth-order valence-corrected chi connectivity index (χ4v) is 5.25. The van der Waals surface area contributed by atoms with Gasteiger partial charge >= 0.3 is 7.12 Å². The van der Waals surface area contributed by atoms with Crippen LogP contribution in [0.15, 0.2) is 54.6 Å². The van der Waals surface area contributed by atoms with Crippen LogP contribution in [0.4, 0.5) is 0 Å². The average Bonchev–Trinajstić information content (AvgIpc) is 2.79. The summed E-state index contributed by atoms with van der Waals surface area (Å²) in [4.78, 5) is 26.4. The van der Waals surface area contributed by atoms with Gasteiger partial charge in [0.05, 0.1) is 22.8 Å². The fourth-order valence-electron chi connectivity index (χ4n) is 5.25. The van der Waals surface area contributed by atoms with Crippen LogP contribution < -0.4 is 5.46 Å². The van der Waals surface area contributed by atoms with Gasteiger partial charge in [-0.15, -0.1) is 0 Å². The second kappa shape index (κ2) is 6.54. The SMILES string of the molecule is C[C@]12Cc3c(O)c4c(c(O)c3[C@H](C1)OB(c1ccccc1)O2)C(=O)c1ccccc1C4=O. The van der Waals surface area contributed by atoms with E-state index in [2.05, 4.69) is 0 Å². The van der Waals surface area contributed by atoms with Gasteiger partial charge in [0.25, 0.3) is 0 Å². The molecule has 32 heavy (non-hydrogen) atoms. The monoisotopic (exact) mass is 426 g/mol. The normalized spacial score (nSPS) is 23.4. The van der Waals surface area contributed by atoms with Crippen molar-refractivity contribution in [2.75, 3.05) is 0 Å². The summed E-state index contributed by atoms with van der Waals surface area (Å²) in [5.74, 6) is -1.52. The number of phenols is 2. The van der Waals surface area contributed by atoms with E-state index in [0.29, 0.717) is 17.5 Å². The zero-order valence-corrected chi connectivity index (χ0v) is 17.3. The molecule has 158 valence electrons. The molecule has 7 heteroatoms. The van der Waals surface area contributed by atoms with Gasteiger partial charge in [-0.05, 0) is 12.4 Å². The van der Waals surface area contributed by atoms with Crippen LogP contribution in [-0.2, 0) is 15.7 Å². The number of benzene rings is 3. The topological polar surface area (TPSA) is 93.1 Å². The Bertz CT molecular complexity index is 1320. The van der Waals surface area contributed by atoms with Crippen molar-refractivity contribution in [2.24, 2.45) is 0 Å². The number of fused-ring (bicyclic) bond motifs is 6. The predicted molar refractivity (Wildman–Crippen MR) is 117 cm³/mol. The van der Waals surface area contributed by atoms with Gasteiger partial charge in [0, 0.05) is 35.1 Å². The van der Waals surface area contributed by atoms with Crippen molar-refractivity contribution in [3.05, 3.63) is 88.0 Å². The summed E-state index contributed by atoms with van der Waals surface area (Å²) >= 11 is 0. The molecule has 1 saturated heterocycles. The molecule has 2 N–H and O–H groups in total. The van der Waals surface area contributed by atoms with E-state index in [9.17, 15) is 19.8 Å². The zero-order chi connectivity index (χ0) is 22.2. The van der Waals surface area contributed by atoms with Gasteiger partial charge < -0.3 is 19.5 Å². The molecule has 3 aliphatic rings. The Kier molecular flexibility index (Phi) is 3.94. The van der Waals surface area contributed by atoms with Crippen LogP contribution in [0.5, 0.6) is 11.5 Å². The molecule has 3 aromatic carbocycles. The van der Waals surface area contributed by atoms with E-state index >= 15 is 0 Å². The Balaban J connectivity index is 1.54. The lowest BCUT2D eigenvalue weighted by Gasteiger charge is -2.47. The third-order valence-corrected chi connectivity index (χ3v) is 6.70. The molecule has 2 aliphatic carbocycles. The van der Waals surface area contributed by atoms with Gasteiger partial charge in [-0.1, -0.05) is 54.6 Å². The van der Waals surface area contributed by atoms with Crippen LogP contribution in [0.1, 0.15) is 62.4 Å². The summed E-state index contributed by atoms with van der Waals surface area (Å²) in [6.45, 7) is 1.93. The smallest absolute Gasteiger partial charge is 0.494 e. The summed E-state index contributed by atoms with van der Waals surface area (Å²) in [6.07, 6.45) is 0.133. The average molecular weight is 426 g/mol. The highest BCUT2D eigenvalue weighted by Crippen LogP contribution is 2.53. The summed E-state index contributed by atoms with van der Waals surface area (Å²) in [5, 5.41) is 22.4. The van der Waals surface area contributed by atoms with E-state index in [-0.39, 0.29) is 40.2 Å². The fraction of sp³-hybridized carbons (Fsp3) is 0.200. The summed E-state index contributed by atoms with van der Waals surface area (Å²) in [6, 6.07) is 15.9. The minimum absolute atomic E-state index is 0.145. The molecule has 2 atom stereocenters. The lowest BCUT2D eigenvalue weighted by molar-refractivity contribution is -0.0534. The van der Waals surface area contributed by atoms with Gasteiger partial charge in [-0.3, -0.25) is 9.59 Å². The summed E-state index contributed by atoms with van der Waals surface area (Å²) in [7, 11) is -0.649. The lowest BCUT2D eigenvalue weighted by Crippen LogP contribution is -2.54. The molecule has 1 aliphatic heterocycles. The Hall–Kier alpha value is -3.42. The third-order valence-electron chi connectivity index (χ3n) is 6.70. The van der Waals surface area contributed by atoms with E-state index in [1.54, 1.807) is 24.3 Å².